The molecule has 0 spiro atoms. The van der Waals surface area contributed by atoms with Crippen LogP contribution in [0, 0.1) is 10.1 Å². The minimum absolute atomic E-state index is 0.0204. The number of rotatable bonds is 6. The van der Waals surface area contributed by atoms with E-state index in [4.69, 9.17) is 10.5 Å². The van der Waals surface area contributed by atoms with Crippen molar-refractivity contribution >= 4 is 11.4 Å². The number of benzene rings is 1. The summed E-state index contributed by atoms with van der Waals surface area (Å²) >= 11 is 0. The molecule has 0 heterocycles. The third-order valence-electron chi connectivity index (χ3n) is 2.36. The van der Waals surface area contributed by atoms with Gasteiger partial charge in [-0.05, 0) is 13.8 Å². The minimum Gasteiger partial charge on any atom is -0.491 e. The molecule has 0 radical (unpaired) electrons. The van der Waals surface area contributed by atoms with Gasteiger partial charge in [-0.3, -0.25) is 10.1 Å². The van der Waals surface area contributed by atoms with Crippen molar-refractivity contribution in [3.63, 3.8) is 0 Å². The molecule has 6 heteroatoms. The van der Waals surface area contributed by atoms with Crippen LogP contribution in [0.15, 0.2) is 18.2 Å². The second-order valence-electron chi connectivity index (χ2n) is 4.32. The molecule has 0 unspecified atom stereocenters. The van der Waals surface area contributed by atoms with Crippen molar-refractivity contribution < 1.29 is 9.66 Å². The average Bonchev–Trinajstić information content (AvgIpc) is 2.27. The van der Waals surface area contributed by atoms with Crippen molar-refractivity contribution in [3.05, 3.63) is 28.3 Å². The van der Waals surface area contributed by atoms with E-state index in [1.807, 2.05) is 25.8 Å². The molecule has 0 aliphatic heterocycles. The van der Waals surface area contributed by atoms with Gasteiger partial charge in [0.1, 0.15) is 5.75 Å². The first kappa shape index (κ1) is 14.2. The molecule has 0 atom stereocenters. The van der Waals surface area contributed by atoms with E-state index in [1.165, 1.54) is 12.1 Å². The molecule has 1 aromatic rings. The first-order valence-electron chi connectivity index (χ1n) is 5.81. The number of nitrogens with two attached hydrogens (primary N) is 1. The fourth-order valence-electron chi connectivity index (χ4n) is 1.56. The standard InChI is InChI=1S/C12H19N3O3/c1-9(2)18-12-7-10(14(3)5-4-13)6-11(8-12)15(16)17/h6-9H,4-5,13H2,1-3H3. The van der Waals surface area contributed by atoms with Crippen molar-refractivity contribution in [1.82, 2.24) is 0 Å². The van der Waals surface area contributed by atoms with Gasteiger partial charge in [0.2, 0.25) is 0 Å². The highest BCUT2D eigenvalue weighted by Crippen LogP contribution is 2.28. The molecular formula is C12H19N3O3. The van der Waals surface area contributed by atoms with Gasteiger partial charge in [-0.1, -0.05) is 0 Å². The Kier molecular flexibility index (Phi) is 4.91. The smallest absolute Gasteiger partial charge is 0.275 e. The van der Waals surface area contributed by atoms with Gasteiger partial charge in [-0.2, -0.15) is 0 Å². The van der Waals surface area contributed by atoms with Crippen LogP contribution in [0.3, 0.4) is 0 Å². The molecule has 18 heavy (non-hydrogen) atoms. The second-order valence-corrected chi connectivity index (χ2v) is 4.32. The van der Waals surface area contributed by atoms with Gasteiger partial charge >= 0.3 is 0 Å². The van der Waals surface area contributed by atoms with Gasteiger partial charge in [-0.25, -0.2) is 0 Å². The highest BCUT2D eigenvalue weighted by Gasteiger charge is 2.13. The Hall–Kier alpha value is -1.82. The Morgan fingerprint density at radius 1 is 1.44 bits per heavy atom. The number of nitrogens with zero attached hydrogens (tertiary/aromatic N) is 2. The predicted molar refractivity (Wildman–Crippen MR) is 71.2 cm³/mol. The molecule has 0 fully saturated rings. The number of nitro benzene ring substituents is 1. The Morgan fingerprint density at radius 3 is 2.61 bits per heavy atom. The molecular weight excluding hydrogens is 234 g/mol. The van der Waals surface area contributed by atoms with Crippen LogP contribution in [0.1, 0.15) is 13.8 Å². The second kappa shape index (κ2) is 6.20. The van der Waals surface area contributed by atoms with Gasteiger partial charge in [0.05, 0.1) is 17.1 Å². The lowest BCUT2D eigenvalue weighted by molar-refractivity contribution is -0.384. The van der Waals surface area contributed by atoms with Crippen LogP contribution >= 0.6 is 0 Å². The van der Waals surface area contributed by atoms with Crippen LogP contribution in [0.25, 0.3) is 0 Å². The summed E-state index contributed by atoms with van der Waals surface area (Å²) in [6.45, 7) is 4.87. The number of likely N-dealkylation sites (N-methyl/N-ethyl adjacent to an activating group) is 1. The normalized spacial score (nSPS) is 10.5. The molecule has 0 amide bonds. The number of ether oxygens (including phenoxy) is 1. The van der Waals surface area contributed by atoms with Crippen LogP contribution in [0.2, 0.25) is 0 Å². The zero-order valence-corrected chi connectivity index (χ0v) is 10.9. The summed E-state index contributed by atoms with van der Waals surface area (Å²) in [4.78, 5) is 12.3. The first-order valence-corrected chi connectivity index (χ1v) is 5.81. The zero-order valence-electron chi connectivity index (χ0n) is 10.9. The van der Waals surface area contributed by atoms with Gasteiger partial charge < -0.3 is 15.4 Å². The highest BCUT2D eigenvalue weighted by atomic mass is 16.6. The van der Waals surface area contributed by atoms with E-state index in [-0.39, 0.29) is 11.8 Å². The van der Waals surface area contributed by atoms with Crippen LogP contribution in [0.4, 0.5) is 11.4 Å². The summed E-state index contributed by atoms with van der Waals surface area (Å²) in [6.07, 6.45) is -0.0281. The fraction of sp³-hybridized carbons (Fsp3) is 0.500. The van der Waals surface area contributed by atoms with Crippen LogP contribution < -0.4 is 15.4 Å². The topological polar surface area (TPSA) is 81.6 Å². The molecule has 6 nitrogen and oxygen atoms in total. The van der Waals surface area contributed by atoms with Crippen molar-refractivity contribution in [2.75, 3.05) is 25.0 Å². The van der Waals surface area contributed by atoms with E-state index < -0.39 is 4.92 Å². The van der Waals surface area contributed by atoms with Gasteiger partial charge in [0.15, 0.2) is 0 Å². The zero-order chi connectivity index (χ0) is 13.7. The maximum absolute atomic E-state index is 10.9. The first-order chi connectivity index (χ1) is 8.43. The summed E-state index contributed by atoms with van der Waals surface area (Å²) in [5, 5.41) is 10.9. The lowest BCUT2D eigenvalue weighted by Crippen LogP contribution is -2.25. The fourth-order valence-corrected chi connectivity index (χ4v) is 1.56. The molecule has 0 saturated carbocycles. The Morgan fingerprint density at radius 2 is 2.11 bits per heavy atom. The van der Waals surface area contributed by atoms with Gasteiger partial charge in [-0.15, -0.1) is 0 Å². The van der Waals surface area contributed by atoms with E-state index in [0.29, 0.717) is 18.8 Å². The summed E-state index contributed by atoms with van der Waals surface area (Å²) in [5.74, 6) is 0.498. The summed E-state index contributed by atoms with van der Waals surface area (Å²) in [7, 11) is 1.84. The van der Waals surface area contributed by atoms with E-state index >= 15 is 0 Å². The summed E-state index contributed by atoms with van der Waals surface area (Å²) in [6, 6.07) is 4.73. The third-order valence-corrected chi connectivity index (χ3v) is 2.36. The molecule has 0 aliphatic rings. The Bertz CT molecular complexity index is 421. The number of hydrogen-bond acceptors (Lipinski definition) is 5. The van der Waals surface area contributed by atoms with E-state index in [1.54, 1.807) is 6.07 Å². The van der Waals surface area contributed by atoms with Crippen molar-refractivity contribution in [3.8, 4) is 5.75 Å². The lowest BCUT2D eigenvalue weighted by Gasteiger charge is -2.19. The lowest BCUT2D eigenvalue weighted by atomic mass is 10.2. The monoisotopic (exact) mass is 253 g/mol. The number of nitro groups is 1. The molecule has 1 rings (SSSR count). The van der Waals surface area contributed by atoms with Gasteiger partial charge in [0, 0.05) is 38.0 Å². The Labute approximate surface area is 106 Å². The van der Waals surface area contributed by atoms with E-state index in [2.05, 4.69) is 0 Å². The molecule has 100 valence electrons. The maximum Gasteiger partial charge on any atom is 0.275 e. The number of non-ortho nitro benzene ring substituents is 1. The van der Waals surface area contributed by atoms with Crippen molar-refractivity contribution in [2.24, 2.45) is 5.73 Å². The molecule has 0 aliphatic carbocycles. The summed E-state index contributed by atoms with van der Waals surface area (Å²) < 4.78 is 5.51. The third kappa shape index (κ3) is 3.89. The van der Waals surface area contributed by atoms with Crippen molar-refractivity contribution in [1.29, 1.82) is 0 Å². The maximum atomic E-state index is 10.9. The van der Waals surface area contributed by atoms with E-state index in [9.17, 15) is 10.1 Å². The van der Waals surface area contributed by atoms with Crippen LogP contribution in [-0.4, -0.2) is 31.2 Å². The molecule has 0 bridgehead atoms. The largest absolute Gasteiger partial charge is 0.491 e. The number of hydrogen-bond donors (Lipinski definition) is 1. The SMILES string of the molecule is CC(C)Oc1cc(N(C)CCN)cc([N+](=O)[O-])c1. The van der Waals surface area contributed by atoms with Crippen LogP contribution in [0.5, 0.6) is 5.75 Å². The molecule has 0 aromatic heterocycles. The summed E-state index contributed by atoms with van der Waals surface area (Å²) in [5.41, 5.74) is 6.22. The van der Waals surface area contributed by atoms with E-state index in [0.717, 1.165) is 5.69 Å². The molecule has 0 saturated heterocycles. The predicted octanol–water partition coefficient (Wildman–Crippen LogP) is 1.78. The Balaban J connectivity index is 3.09. The molecule has 2 N–H and O–H groups in total. The molecule has 1 aromatic carbocycles. The highest BCUT2D eigenvalue weighted by molar-refractivity contribution is 5.57. The quantitative estimate of drug-likeness (QED) is 0.617. The van der Waals surface area contributed by atoms with Crippen molar-refractivity contribution in [2.45, 2.75) is 20.0 Å². The minimum atomic E-state index is -0.424. The van der Waals surface area contributed by atoms with Gasteiger partial charge in [0.25, 0.3) is 5.69 Å². The average molecular weight is 253 g/mol. The van der Waals surface area contributed by atoms with Crippen LogP contribution in [-0.2, 0) is 0 Å². The number of anilines is 1.